The second-order valence-corrected chi connectivity index (χ2v) is 7.14. The average Bonchev–Trinajstić information content (AvgIpc) is 2.60. The van der Waals surface area contributed by atoms with Crippen LogP contribution in [0.1, 0.15) is 5.56 Å². The summed E-state index contributed by atoms with van der Waals surface area (Å²) >= 11 is 0. The van der Waals surface area contributed by atoms with Crippen LogP contribution in [0, 0.1) is 0 Å². The first kappa shape index (κ1) is 19.4. The summed E-state index contributed by atoms with van der Waals surface area (Å²) in [6.45, 7) is 0.211. The normalized spacial score (nSPS) is 11.0. The maximum absolute atomic E-state index is 12.1. The van der Waals surface area contributed by atoms with Crippen molar-refractivity contribution >= 4 is 27.5 Å². The van der Waals surface area contributed by atoms with E-state index in [9.17, 15) is 23.1 Å². The second-order valence-electron chi connectivity index (χ2n) is 5.58. The molecule has 0 unspecified atom stereocenters. The molecule has 0 aliphatic heterocycles. The van der Waals surface area contributed by atoms with Gasteiger partial charge in [-0.2, -0.15) is 0 Å². The van der Waals surface area contributed by atoms with Crippen LogP contribution < -0.4 is 15.4 Å². The number of primary sulfonamides is 1. The van der Waals surface area contributed by atoms with Crippen molar-refractivity contribution < 1.29 is 23.1 Å². The van der Waals surface area contributed by atoms with Crippen LogP contribution in [-0.4, -0.2) is 38.9 Å². The Morgan fingerprint density at radius 2 is 1.65 bits per heavy atom. The first-order chi connectivity index (χ1) is 12.2. The van der Waals surface area contributed by atoms with Gasteiger partial charge in [-0.3, -0.25) is 9.59 Å². The van der Waals surface area contributed by atoms with Crippen molar-refractivity contribution in [2.45, 2.75) is 11.3 Å². The van der Waals surface area contributed by atoms with E-state index in [1.165, 1.54) is 48.3 Å². The van der Waals surface area contributed by atoms with E-state index in [2.05, 4.69) is 5.32 Å². The predicted molar refractivity (Wildman–Crippen MR) is 96.0 cm³/mol. The summed E-state index contributed by atoms with van der Waals surface area (Å²) in [7, 11) is -2.28. The molecule has 0 spiro atoms. The molecule has 0 aliphatic carbocycles. The Morgan fingerprint density at radius 3 is 2.19 bits per heavy atom. The summed E-state index contributed by atoms with van der Waals surface area (Å²) in [5, 5.41) is 16.8. The summed E-state index contributed by atoms with van der Waals surface area (Å²) in [5.74, 6) is -1.44. The highest BCUT2D eigenvalue weighted by Gasteiger charge is 2.19. The molecule has 2 aromatic rings. The SMILES string of the molecule is CN(C(=O)C(=O)NCCc1ccc(S(N)(=O)=O)cc1)c1ccc(O)cc1. The van der Waals surface area contributed by atoms with E-state index in [1.54, 1.807) is 12.1 Å². The molecule has 0 heterocycles. The van der Waals surface area contributed by atoms with Gasteiger partial charge in [0.2, 0.25) is 10.0 Å². The number of nitrogens with two attached hydrogens (primary N) is 1. The minimum absolute atomic E-state index is 0.0102. The van der Waals surface area contributed by atoms with E-state index in [1.807, 2.05) is 0 Å². The molecule has 4 N–H and O–H groups in total. The first-order valence-corrected chi connectivity index (χ1v) is 9.20. The van der Waals surface area contributed by atoms with E-state index in [0.717, 1.165) is 5.56 Å². The number of carbonyl (C=O) groups is 2. The fourth-order valence-electron chi connectivity index (χ4n) is 2.19. The number of phenolic OH excluding ortho intramolecular Hbond substituents is 1. The minimum Gasteiger partial charge on any atom is -0.508 e. The predicted octanol–water partition coefficient (Wildman–Crippen LogP) is 0.361. The molecule has 2 rings (SSSR count). The Kier molecular flexibility index (Phi) is 5.96. The van der Waals surface area contributed by atoms with E-state index in [4.69, 9.17) is 5.14 Å². The van der Waals surface area contributed by atoms with Crippen LogP contribution in [0.5, 0.6) is 5.75 Å². The van der Waals surface area contributed by atoms with Crippen LogP contribution in [0.2, 0.25) is 0 Å². The van der Waals surface area contributed by atoms with Crippen LogP contribution in [0.25, 0.3) is 0 Å². The quantitative estimate of drug-likeness (QED) is 0.648. The van der Waals surface area contributed by atoms with Crippen LogP contribution in [0.3, 0.4) is 0 Å². The Labute approximate surface area is 151 Å². The fraction of sp³-hybridized carbons (Fsp3) is 0.176. The first-order valence-electron chi connectivity index (χ1n) is 7.65. The van der Waals surface area contributed by atoms with Gasteiger partial charge in [0.25, 0.3) is 0 Å². The number of amides is 2. The second kappa shape index (κ2) is 7.98. The number of hydrogen-bond acceptors (Lipinski definition) is 5. The van der Waals surface area contributed by atoms with Crippen molar-refractivity contribution in [1.82, 2.24) is 5.32 Å². The highest BCUT2D eigenvalue weighted by molar-refractivity contribution is 7.89. The largest absolute Gasteiger partial charge is 0.508 e. The van der Waals surface area contributed by atoms with Gasteiger partial charge in [0.05, 0.1) is 4.90 Å². The molecular weight excluding hydrogens is 358 g/mol. The van der Waals surface area contributed by atoms with Gasteiger partial charge in [0.15, 0.2) is 0 Å². The summed E-state index contributed by atoms with van der Waals surface area (Å²) in [6.07, 6.45) is 0.423. The Balaban J connectivity index is 1.88. The molecular formula is C17H19N3O5S. The topological polar surface area (TPSA) is 130 Å². The van der Waals surface area contributed by atoms with Crippen LogP contribution in [-0.2, 0) is 26.0 Å². The molecule has 0 atom stereocenters. The number of likely N-dealkylation sites (N-methyl/N-ethyl adjacent to an activating group) is 1. The third-order valence-corrected chi connectivity index (χ3v) is 4.62. The Bertz CT molecular complexity index is 893. The van der Waals surface area contributed by atoms with Crippen LogP contribution in [0.15, 0.2) is 53.4 Å². The van der Waals surface area contributed by atoms with Crippen molar-refractivity contribution in [2.24, 2.45) is 5.14 Å². The molecule has 26 heavy (non-hydrogen) atoms. The number of phenols is 1. The zero-order chi connectivity index (χ0) is 19.3. The van der Waals surface area contributed by atoms with Crippen molar-refractivity contribution in [3.8, 4) is 5.75 Å². The monoisotopic (exact) mass is 377 g/mol. The molecule has 2 aromatic carbocycles. The van der Waals surface area contributed by atoms with Crippen LogP contribution >= 0.6 is 0 Å². The fourth-order valence-corrected chi connectivity index (χ4v) is 2.70. The molecule has 0 saturated carbocycles. The zero-order valence-corrected chi connectivity index (χ0v) is 14.9. The smallest absolute Gasteiger partial charge is 0.316 e. The summed E-state index contributed by atoms with van der Waals surface area (Å²) < 4.78 is 22.4. The van der Waals surface area contributed by atoms with Gasteiger partial charge in [-0.25, -0.2) is 13.6 Å². The number of carbonyl (C=O) groups excluding carboxylic acids is 2. The number of nitrogens with zero attached hydrogens (tertiary/aromatic N) is 1. The molecule has 2 amide bonds. The van der Waals surface area contributed by atoms with E-state index < -0.39 is 21.8 Å². The van der Waals surface area contributed by atoms with Gasteiger partial charge < -0.3 is 15.3 Å². The van der Waals surface area contributed by atoms with Gasteiger partial charge in [-0.15, -0.1) is 0 Å². The molecule has 9 heteroatoms. The summed E-state index contributed by atoms with van der Waals surface area (Å²) in [5.41, 5.74) is 1.26. The van der Waals surface area contributed by atoms with E-state index >= 15 is 0 Å². The van der Waals surface area contributed by atoms with Crippen molar-refractivity contribution in [1.29, 1.82) is 0 Å². The van der Waals surface area contributed by atoms with Gasteiger partial charge in [-0.05, 0) is 48.4 Å². The van der Waals surface area contributed by atoms with Gasteiger partial charge in [-0.1, -0.05) is 12.1 Å². The third-order valence-electron chi connectivity index (χ3n) is 3.69. The maximum atomic E-state index is 12.1. The van der Waals surface area contributed by atoms with E-state index in [0.29, 0.717) is 12.1 Å². The van der Waals surface area contributed by atoms with Crippen molar-refractivity contribution in [3.05, 3.63) is 54.1 Å². The number of rotatable bonds is 5. The number of sulfonamides is 1. The maximum Gasteiger partial charge on any atom is 0.316 e. The number of nitrogens with one attached hydrogen (secondary N) is 1. The summed E-state index contributed by atoms with van der Waals surface area (Å²) in [4.78, 5) is 25.2. The average molecular weight is 377 g/mol. The highest BCUT2D eigenvalue weighted by Crippen LogP contribution is 2.17. The number of hydrogen-bond donors (Lipinski definition) is 3. The molecule has 0 radical (unpaired) electrons. The van der Waals surface area contributed by atoms with E-state index in [-0.39, 0.29) is 17.2 Å². The lowest BCUT2D eigenvalue weighted by atomic mass is 10.1. The highest BCUT2D eigenvalue weighted by atomic mass is 32.2. The van der Waals surface area contributed by atoms with Crippen molar-refractivity contribution in [2.75, 3.05) is 18.5 Å². The van der Waals surface area contributed by atoms with Gasteiger partial charge >= 0.3 is 11.8 Å². The van der Waals surface area contributed by atoms with Gasteiger partial charge in [0.1, 0.15) is 5.75 Å². The molecule has 0 saturated heterocycles. The number of aromatic hydroxyl groups is 1. The standard InChI is InChI=1S/C17H19N3O5S/c1-20(13-4-6-14(21)7-5-13)17(23)16(22)19-11-10-12-2-8-15(9-3-12)26(18,24)25/h2-9,21H,10-11H2,1H3,(H,19,22)(H2,18,24,25). The lowest BCUT2D eigenvalue weighted by Gasteiger charge is -2.16. The van der Waals surface area contributed by atoms with Crippen molar-refractivity contribution in [3.63, 3.8) is 0 Å². The van der Waals surface area contributed by atoms with Crippen LogP contribution in [0.4, 0.5) is 5.69 Å². The molecule has 0 bridgehead atoms. The summed E-state index contributed by atoms with van der Waals surface area (Å²) in [6, 6.07) is 11.8. The van der Waals surface area contributed by atoms with Gasteiger partial charge in [0, 0.05) is 19.3 Å². The lowest BCUT2D eigenvalue weighted by molar-refractivity contribution is -0.137. The minimum atomic E-state index is -3.74. The molecule has 0 aliphatic rings. The zero-order valence-electron chi connectivity index (χ0n) is 14.0. The Morgan fingerprint density at radius 1 is 1.08 bits per heavy atom. The lowest BCUT2D eigenvalue weighted by Crippen LogP contribution is -2.41. The molecule has 0 fully saturated rings. The molecule has 138 valence electrons. The number of benzene rings is 2. The number of anilines is 1. The Hall–Kier alpha value is -2.91. The molecule has 8 nitrogen and oxygen atoms in total. The molecule has 0 aromatic heterocycles. The third kappa shape index (κ3) is 5.04.